The van der Waals surface area contributed by atoms with Crippen LogP contribution in [0.25, 0.3) is 10.9 Å². The molecular formula is C21H21F3N4O. The van der Waals surface area contributed by atoms with Gasteiger partial charge in [0.15, 0.2) is 0 Å². The Morgan fingerprint density at radius 1 is 1.17 bits per heavy atom. The number of nitrogens with one attached hydrogen (secondary N) is 1. The lowest BCUT2D eigenvalue weighted by Crippen LogP contribution is -2.51. The molecule has 0 spiro atoms. The Morgan fingerprint density at radius 3 is 2.66 bits per heavy atom. The van der Waals surface area contributed by atoms with Crippen molar-refractivity contribution < 1.29 is 17.9 Å². The first-order chi connectivity index (χ1) is 14.0. The van der Waals surface area contributed by atoms with E-state index >= 15 is 0 Å². The van der Waals surface area contributed by atoms with Gasteiger partial charge in [-0.15, -0.1) is 0 Å². The van der Waals surface area contributed by atoms with Crippen LogP contribution < -0.4 is 10.2 Å². The Bertz CT molecular complexity index is 1020. The third kappa shape index (κ3) is 3.72. The molecule has 2 aromatic carbocycles. The zero-order valence-electron chi connectivity index (χ0n) is 16.1. The highest BCUT2D eigenvalue weighted by atomic mass is 19.3. The number of alkyl halides is 2. The number of anilines is 2. The molecule has 29 heavy (non-hydrogen) atoms. The molecule has 8 heteroatoms. The molecule has 4 rings (SSSR count). The van der Waals surface area contributed by atoms with Crippen molar-refractivity contribution >= 4 is 22.3 Å². The SMILES string of the molecule is COC1CN(c2ccc3nncc(N[C@H](C)c4cccc(C(F)F)c4F)c3c2)C1. The van der Waals surface area contributed by atoms with Gasteiger partial charge in [-0.1, -0.05) is 18.2 Å². The highest BCUT2D eigenvalue weighted by molar-refractivity contribution is 5.93. The monoisotopic (exact) mass is 402 g/mol. The van der Waals surface area contributed by atoms with Crippen LogP contribution in [0.15, 0.2) is 42.6 Å². The molecule has 5 nitrogen and oxygen atoms in total. The first-order valence-electron chi connectivity index (χ1n) is 9.34. The van der Waals surface area contributed by atoms with E-state index in [4.69, 9.17) is 4.74 Å². The summed E-state index contributed by atoms with van der Waals surface area (Å²) in [6.07, 6.45) is -1.07. The van der Waals surface area contributed by atoms with Crippen molar-refractivity contribution in [3.8, 4) is 0 Å². The normalized spacial score (nSPS) is 15.6. The highest BCUT2D eigenvalue weighted by Gasteiger charge is 2.27. The fraction of sp³-hybridized carbons (Fsp3) is 0.333. The Labute approximate surface area is 166 Å². The van der Waals surface area contributed by atoms with Crippen molar-refractivity contribution in [3.63, 3.8) is 0 Å². The number of halogens is 3. The third-order valence-corrected chi connectivity index (χ3v) is 5.30. The first kappa shape index (κ1) is 19.4. The van der Waals surface area contributed by atoms with Crippen LogP contribution in [-0.2, 0) is 4.74 Å². The van der Waals surface area contributed by atoms with E-state index in [-0.39, 0.29) is 11.7 Å². The number of rotatable bonds is 6. The number of methoxy groups -OCH3 is 1. The van der Waals surface area contributed by atoms with E-state index < -0.39 is 23.8 Å². The summed E-state index contributed by atoms with van der Waals surface area (Å²) in [5, 5.41) is 12.2. The van der Waals surface area contributed by atoms with Crippen molar-refractivity contribution in [3.05, 3.63) is 59.5 Å². The van der Waals surface area contributed by atoms with Gasteiger partial charge in [0, 0.05) is 36.8 Å². The summed E-state index contributed by atoms with van der Waals surface area (Å²) in [4.78, 5) is 2.19. The van der Waals surface area contributed by atoms with Gasteiger partial charge < -0.3 is 15.0 Å². The number of hydrogen-bond donors (Lipinski definition) is 1. The van der Waals surface area contributed by atoms with Gasteiger partial charge in [-0.3, -0.25) is 0 Å². The molecule has 3 aromatic rings. The Morgan fingerprint density at radius 2 is 1.93 bits per heavy atom. The summed E-state index contributed by atoms with van der Waals surface area (Å²) >= 11 is 0. The molecule has 152 valence electrons. The van der Waals surface area contributed by atoms with E-state index in [0.717, 1.165) is 30.2 Å². The van der Waals surface area contributed by atoms with Crippen LogP contribution >= 0.6 is 0 Å². The standard InChI is InChI=1S/C21H21F3N4O/c1-12(15-4-3-5-16(20(15)22)21(23)24)26-19-9-25-27-18-7-6-13(8-17(18)19)28-10-14(11-28)29-2/h3-9,12,14,21H,10-11H2,1-2H3,(H,26,27)/t12-/m1/s1. The molecule has 1 N–H and O–H groups in total. The van der Waals surface area contributed by atoms with Crippen LogP contribution in [0.5, 0.6) is 0 Å². The summed E-state index contributed by atoms with van der Waals surface area (Å²) in [7, 11) is 1.70. The second kappa shape index (κ2) is 7.87. The molecule has 1 aliphatic rings. The second-order valence-corrected chi connectivity index (χ2v) is 7.14. The summed E-state index contributed by atoms with van der Waals surface area (Å²) < 4.78 is 45.9. The molecule has 1 aromatic heterocycles. The van der Waals surface area contributed by atoms with Gasteiger partial charge in [-0.2, -0.15) is 10.2 Å². The van der Waals surface area contributed by atoms with Crippen molar-refractivity contribution in [2.75, 3.05) is 30.4 Å². The Hall–Kier alpha value is -2.87. The maximum Gasteiger partial charge on any atom is 0.266 e. The molecule has 2 heterocycles. The van der Waals surface area contributed by atoms with E-state index in [0.29, 0.717) is 11.2 Å². The van der Waals surface area contributed by atoms with E-state index in [1.165, 1.54) is 12.1 Å². The molecule has 1 atom stereocenters. The van der Waals surface area contributed by atoms with Crippen LogP contribution in [-0.4, -0.2) is 36.5 Å². The molecule has 0 aliphatic carbocycles. The van der Waals surface area contributed by atoms with E-state index in [2.05, 4.69) is 20.4 Å². The smallest absolute Gasteiger partial charge is 0.266 e. The van der Waals surface area contributed by atoms with Gasteiger partial charge in [0.05, 0.1) is 35.1 Å². The van der Waals surface area contributed by atoms with Crippen LogP contribution in [0.3, 0.4) is 0 Å². The number of benzene rings is 2. The fourth-order valence-electron chi connectivity index (χ4n) is 3.54. The van der Waals surface area contributed by atoms with E-state index in [1.807, 2.05) is 18.2 Å². The van der Waals surface area contributed by atoms with Crippen molar-refractivity contribution in [1.82, 2.24) is 10.2 Å². The number of nitrogens with zero attached hydrogens (tertiary/aromatic N) is 3. The van der Waals surface area contributed by atoms with Gasteiger partial charge in [-0.25, -0.2) is 13.2 Å². The van der Waals surface area contributed by atoms with Gasteiger partial charge in [0.25, 0.3) is 6.43 Å². The van der Waals surface area contributed by atoms with Crippen LogP contribution in [0.2, 0.25) is 0 Å². The van der Waals surface area contributed by atoms with Gasteiger partial charge >= 0.3 is 0 Å². The van der Waals surface area contributed by atoms with Crippen LogP contribution in [0.4, 0.5) is 24.5 Å². The van der Waals surface area contributed by atoms with Gasteiger partial charge in [0.1, 0.15) is 5.82 Å². The molecular weight excluding hydrogens is 381 g/mol. The number of aromatic nitrogens is 2. The molecule has 0 unspecified atom stereocenters. The maximum atomic E-state index is 14.5. The molecule has 0 amide bonds. The Balaban J connectivity index is 1.63. The average Bonchev–Trinajstić information content (AvgIpc) is 2.67. The van der Waals surface area contributed by atoms with Gasteiger partial charge in [-0.05, 0) is 25.1 Å². The second-order valence-electron chi connectivity index (χ2n) is 7.14. The minimum absolute atomic E-state index is 0.176. The minimum atomic E-state index is -2.86. The zero-order valence-corrected chi connectivity index (χ0v) is 16.1. The predicted octanol–water partition coefficient (Wildman–Crippen LogP) is 4.71. The predicted molar refractivity (Wildman–Crippen MR) is 106 cm³/mol. The Kier molecular flexibility index (Phi) is 5.27. The molecule has 0 radical (unpaired) electrons. The first-order valence-corrected chi connectivity index (χ1v) is 9.34. The topological polar surface area (TPSA) is 50.3 Å². The molecule has 1 aliphatic heterocycles. The molecule has 1 fully saturated rings. The largest absolute Gasteiger partial charge is 0.378 e. The lowest BCUT2D eigenvalue weighted by Gasteiger charge is -2.40. The molecule has 1 saturated heterocycles. The summed E-state index contributed by atoms with van der Waals surface area (Å²) in [6.45, 7) is 3.35. The van der Waals surface area contributed by atoms with Crippen molar-refractivity contribution in [2.45, 2.75) is 25.5 Å². The lowest BCUT2D eigenvalue weighted by atomic mass is 10.0. The maximum absolute atomic E-state index is 14.5. The summed E-state index contributed by atoms with van der Waals surface area (Å²) in [6, 6.07) is 9.37. The number of ether oxygens (including phenoxy) is 1. The number of hydrogen-bond acceptors (Lipinski definition) is 5. The van der Waals surface area contributed by atoms with Crippen molar-refractivity contribution in [1.29, 1.82) is 0 Å². The van der Waals surface area contributed by atoms with Crippen LogP contribution in [0.1, 0.15) is 30.5 Å². The quantitative estimate of drug-likeness (QED) is 0.647. The van der Waals surface area contributed by atoms with E-state index in [9.17, 15) is 13.2 Å². The highest BCUT2D eigenvalue weighted by Crippen LogP contribution is 2.32. The fourth-order valence-corrected chi connectivity index (χ4v) is 3.54. The number of fused-ring (bicyclic) bond motifs is 1. The molecule has 0 bridgehead atoms. The van der Waals surface area contributed by atoms with Crippen molar-refractivity contribution in [2.24, 2.45) is 0 Å². The zero-order chi connectivity index (χ0) is 20.5. The third-order valence-electron chi connectivity index (χ3n) is 5.30. The van der Waals surface area contributed by atoms with Crippen LogP contribution in [0, 0.1) is 5.82 Å². The van der Waals surface area contributed by atoms with E-state index in [1.54, 1.807) is 20.2 Å². The summed E-state index contributed by atoms with van der Waals surface area (Å²) in [5.74, 6) is -0.888. The summed E-state index contributed by atoms with van der Waals surface area (Å²) in [5.41, 5.74) is 1.96. The van der Waals surface area contributed by atoms with Gasteiger partial charge in [0.2, 0.25) is 0 Å². The average molecular weight is 402 g/mol. The minimum Gasteiger partial charge on any atom is -0.378 e. The lowest BCUT2D eigenvalue weighted by molar-refractivity contribution is 0.0788. The molecule has 0 saturated carbocycles.